The van der Waals surface area contributed by atoms with Crippen molar-refractivity contribution in [3.05, 3.63) is 144 Å². The first-order valence-electron chi connectivity index (χ1n) is 14.2. The normalized spacial score (nSPS) is 14.8. The number of allylic oxidation sites excluding steroid dienone is 3. The maximum Gasteiger partial charge on any atom is 0.0888 e. The van der Waals surface area contributed by atoms with Gasteiger partial charge in [-0.2, -0.15) is 0 Å². The Morgan fingerprint density at radius 1 is 0.595 bits per heavy atom. The van der Waals surface area contributed by atoms with Crippen LogP contribution in [0.1, 0.15) is 27.7 Å². The average molecular weight is 673 g/mol. The van der Waals surface area contributed by atoms with Crippen LogP contribution >= 0.6 is 17.2 Å². The summed E-state index contributed by atoms with van der Waals surface area (Å²) in [5.74, 6) is 0.403. The molecular formula is C37H45NOP2Zr. The Labute approximate surface area is 277 Å². The maximum atomic E-state index is 10.2. The zero-order chi connectivity index (χ0) is 29.6. The molecular weight excluding hydrogens is 628 g/mol. The van der Waals surface area contributed by atoms with Crippen LogP contribution in [0.4, 0.5) is 0 Å². The topological polar surface area (TPSA) is 23.5 Å². The Bertz CT molecular complexity index is 1220. The van der Waals surface area contributed by atoms with Gasteiger partial charge >= 0.3 is 0 Å². The number of likely N-dealkylation sites (N-methyl/N-ethyl adjacent to an activating group) is 1. The van der Waals surface area contributed by atoms with Gasteiger partial charge in [0.15, 0.2) is 0 Å². The minimum Gasteiger partial charge on any atom is -0.387 e. The van der Waals surface area contributed by atoms with Gasteiger partial charge in [-0.15, -0.1) is 0 Å². The van der Waals surface area contributed by atoms with Gasteiger partial charge in [0, 0.05) is 38.7 Å². The van der Waals surface area contributed by atoms with Gasteiger partial charge in [-0.05, 0) is 72.8 Å². The third-order valence-corrected chi connectivity index (χ3v) is 9.76. The van der Waals surface area contributed by atoms with Crippen molar-refractivity contribution in [2.24, 2.45) is 5.92 Å². The molecule has 0 saturated carbocycles. The number of hydrogen-bond donors (Lipinski definition) is 1. The van der Waals surface area contributed by atoms with E-state index in [4.69, 9.17) is 0 Å². The molecule has 42 heavy (non-hydrogen) atoms. The van der Waals surface area contributed by atoms with Crippen molar-refractivity contribution >= 4 is 38.4 Å². The molecule has 218 valence electrons. The number of benzene rings is 4. The van der Waals surface area contributed by atoms with E-state index in [1.807, 2.05) is 19.0 Å². The van der Waals surface area contributed by atoms with Crippen molar-refractivity contribution < 1.29 is 31.3 Å². The van der Waals surface area contributed by atoms with Crippen molar-refractivity contribution in [3.8, 4) is 0 Å². The van der Waals surface area contributed by atoms with Crippen LogP contribution < -0.4 is 21.2 Å². The van der Waals surface area contributed by atoms with Crippen LogP contribution in [-0.4, -0.2) is 36.8 Å². The van der Waals surface area contributed by atoms with Crippen LogP contribution in [-0.2, 0) is 26.2 Å². The van der Waals surface area contributed by atoms with Gasteiger partial charge in [0.1, 0.15) is 0 Å². The van der Waals surface area contributed by atoms with E-state index in [1.54, 1.807) is 0 Å². The molecule has 2 unspecified atom stereocenters. The summed E-state index contributed by atoms with van der Waals surface area (Å²) in [5, 5.41) is 15.8. The fraction of sp³-hybridized carbons (Fsp3) is 0.243. The van der Waals surface area contributed by atoms with Crippen LogP contribution in [0.3, 0.4) is 0 Å². The van der Waals surface area contributed by atoms with Gasteiger partial charge in [-0.25, -0.2) is 0 Å². The van der Waals surface area contributed by atoms with Crippen molar-refractivity contribution in [1.29, 1.82) is 0 Å². The molecule has 0 fully saturated rings. The van der Waals surface area contributed by atoms with Crippen LogP contribution in [0.15, 0.2) is 144 Å². The third-order valence-electron chi connectivity index (χ3n) is 7.27. The molecule has 0 aliphatic heterocycles. The summed E-state index contributed by atoms with van der Waals surface area (Å²) in [6.45, 7) is 9.33. The minimum absolute atomic E-state index is 0. The van der Waals surface area contributed by atoms with E-state index in [2.05, 4.69) is 149 Å². The monoisotopic (exact) mass is 671 g/mol. The van der Waals surface area contributed by atoms with Gasteiger partial charge in [-0.3, -0.25) is 0 Å². The summed E-state index contributed by atoms with van der Waals surface area (Å²) in [4.78, 5) is 2.03. The standard InChI is InChI=1S/C13H23NO.2C12H11P.Zr/c1-8-9(2)11(4)13(10(8)3)12(15)7-14(5)6;2*1-3-7-11(8-4-1)13-12-9-5-2-6-10-12;/h10,12,15H,7H2,1-6H3;2*1-10,13H;. The summed E-state index contributed by atoms with van der Waals surface area (Å²) >= 11 is 0. The summed E-state index contributed by atoms with van der Waals surface area (Å²) in [6, 6.07) is 42.3. The van der Waals surface area contributed by atoms with Crippen molar-refractivity contribution in [1.82, 2.24) is 4.90 Å². The molecule has 0 spiro atoms. The second-order valence-electron chi connectivity index (χ2n) is 10.6. The number of hydrogen-bond acceptors (Lipinski definition) is 2. The number of aliphatic hydroxyl groups is 1. The molecule has 4 aromatic rings. The second-order valence-corrected chi connectivity index (χ2v) is 13.4. The molecule has 0 radical (unpaired) electrons. The molecule has 0 heterocycles. The molecule has 5 rings (SSSR count). The summed E-state index contributed by atoms with van der Waals surface area (Å²) in [5.41, 5.74) is 5.25. The molecule has 1 aliphatic rings. The first-order chi connectivity index (χ1) is 19.8. The number of nitrogens with zero attached hydrogens (tertiary/aromatic N) is 1. The summed E-state index contributed by atoms with van der Waals surface area (Å²) in [6.07, 6.45) is -0.331. The molecule has 0 saturated heterocycles. The predicted molar refractivity (Wildman–Crippen MR) is 186 cm³/mol. The molecule has 4 aromatic carbocycles. The third kappa shape index (κ3) is 12.0. The molecule has 5 heteroatoms. The molecule has 1 aliphatic carbocycles. The van der Waals surface area contributed by atoms with Crippen LogP contribution in [0, 0.1) is 5.92 Å². The zero-order valence-corrected chi connectivity index (χ0v) is 30.3. The van der Waals surface area contributed by atoms with Gasteiger partial charge in [-0.1, -0.05) is 151 Å². The van der Waals surface area contributed by atoms with Crippen molar-refractivity contribution in [2.75, 3.05) is 20.6 Å². The maximum absolute atomic E-state index is 10.2. The zero-order valence-electron chi connectivity index (χ0n) is 25.8. The van der Waals surface area contributed by atoms with Gasteiger partial charge in [0.05, 0.1) is 6.10 Å². The first-order valence-corrected chi connectivity index (χ1v) is 16.2. The SMILES string of the molecule is CC1=C(C)C(C)C(C(O)CN(C)C)=C1C.[Zr].c1ccc(Pc2ccccc2)cc1.c1ccc(Pc2ccccc2)cc1. The van der Waals surface area contributed by atoms with Gasteiger partial charge in [0.2, 0.25) is 0 Å². The quantitative estimate of drug-likeness (QED) is 0.218. The van der Waals surface area contributed by atoms with E-state index < -0.39 is 0 Å². The molecule has 1 N–H and O–H groups in total. The largest absolute Gasteiger partial charge is 0.387 e. The molecule has 0 aromatic heterocycles. The smallest absolute Gasteiger partial charge is 0.0888 e. The molecule has 2 atom stereocenters. The van der Waals surface area contributed by atoms with E-state index >= 15 is 0 Å². The Morgan fingerprint density at radius 3 is 1.14 bits per heavy atom. The van der Waals surface area contributed by atoms with Crippen LogP contribution in [0.2, 0.25) is 0 Å². The Kier molecular flexibility index (Phi) is 16.7. The fourth-order valence-corrected chi connectivity index (χ4v) is 6.90. The average Bonchev–Trinajstić information content (AvgIpc) is 3.17. The van der Waals surface area contributed by atoms with E-state index in [-0.39, 0.29) is 32.3 Å². The minimum atomic E-state index is -0.331. The van der Waals surface area contributed by atoms with E-state index in [0.717, 1.165) is 17.2 Å². The van der Waals surface area contributed by atoms with Gasteiger partial charge < -0.3 is 10.0 Å². The predicted octanol–water partition coefficient (Wildman–Crippen LogP) is 6.84. The van der Waals surface area contributed by atoms with Crippen LogP contribution in [0.25, 0.3) is 0 Å². The van der Waals surface area contributed by atoms with Crippen molar-refractivity contribution in [3.63, 3.8) is 0 Å². The Balaban J connectivity index is 0.000000218. The van der Waals surface area contributed by atoms with Crippen molar-refractivity contribution in [2.45, 2.75) is 33.8 Å². The Hall–Kier alpha value is -1.98. The second kappa shape index (κ2) is 19.3. The van der Waals surface area contributed by atoms with Gasteiger partial charge in [0.25, 0.3) is 0 Å². The number of aliphatic hydroxyl groups excluding tert-OH is 1. The van der Waals surface area contributed by atoms with E-state index in [9.17, 15) is 5.11 Å². The fourth-order valence-electron chi connectivity index (χ4n) is 4.80. The van der Waals surface area contributed by atoms with Crippen LogP contribution in [0.5, 0.6) is 0 Å². The summed E-state index contributed by atoms with van der Waals surface area (Å²) in [7, 11) is 5.54. The first kappa shape index (κ1) is 36.2. The molecule has 2 nitrogen and oxygen atoms in total. The Morgan fingerprint density at radius 2 is 0.905 bits per heavy atom. The number of rotatable bonds is 7. The molecule has 0 bridgehead atoms. The van der Waals surface area contributed by atoms with E-state index in [0.29, 0.717) is 12.5 Å². The molecule has 0 amide bonds. The van der Waals surface area contributed by atoms with E-state index in [1.165, 1.54) is 43.5 Å². The summed E-state index contributed by atoms with van der Waals surface area (Å²) < 4.78 is 0.